The maximum Gasteiger partial charge on any atom is 0.305 e. The molecule has 0 atom stereocenters. The first-order chi connectivity index (χ1) is 7.23. The van der Waals surface area contributed by atoms with Crippen molar-refractivity contribution in [2.24, 2.45) is 0 Å². The standard InChI is InChI=1S/C11H20N2O2/c14-10(15)7-11(8-12-9-11)13-5-3-1-2-4-6-13/h12H,1-9H2,(H,14,15). The lowest BCUT2D eigenvalue weighted by atomic mass is 9.86. The summed E-state index contributed by atoms with van der Waals surface area (Å²) in [5.74, 6) is -0.666. The Bertz CT molecular complexity index is 231. The molecular formula is C11H20N2O2. The van der Waals surface area contributed by atoms with Gasteiger partial charge in [-0.1, -0.05) is 12.8 Å². The number of aliphatic carboxylic acids is 1. The molecule has 2 rings (SSSR count). The van der Waals surface area contributed by atoms with Crippen LogP contribution in [0, 0.1) is 0 Å². The molecule has 0 aromatic heterocycles. The molecule has 4 heteroatoms. The summed E-state index contributed by atoms with van der Waals surface area (Å²) in [5, 5.41) is 12.2. The molecule has 2 fully saturated rings. The first-order valence-electron chi connectivity index (χ1n) is 5.91. The molecule has 15 heavy (non-hydrogen) atoms. The minimum atomic E-state index is -0.666. The zero-order valence-electron chi connectivity index (χ0n) is 9.17. The Balaban J connectivity index is 2.00. The van der Waals surface area contributed by atoms with Gasteiger partial charge in [0.15, 0.2) is 0 Å². The Labute approximate surface area is 90.6 Å². The van der Waals surface area contributed by atoms with Crippen LogP contribution in [0.2, 0.25) is 0 Å². The van der Waals surface area contributed by atoms with E-state index in [9.17, 15) is 4.79 Å². The highest BCUT2D eigenvalue weighted by atomic mass is 16.4. The van der Waals surface area contributed by atoms with Gasteiger partial charge in [0, 0.05) is 13.1 Å². The van der Waals surface area contributed by atoms with Crippen molar-refractivity contribution >= 4 is 5.97 Å². The van der Waals surface area contributed by atoms with Gasteiger partial charge in [-0.3, -0.25) is 9.69 Å². The largest absolute Gasteiger partial charge is 0.481 e. The molecule has 0 amide bonds. The molecule has 0 aromatic carbocycles. The number of hydrogen-bond donors (Lipinski definition) is 2. The highest BCUT2D eigenvalue weighted by Crippen LogP contribution is 2.27. The molecule has 0 aromatic rings. The third-order valence-electron chi connectivity index (χ3n) is 3.67. The Morgan fingerprint density at radius 2 is 1.80 bits per heavy atom. The van der Waals surface area contributed by atoms with Gasteiger partial charge in [0.05, 0.1) is 12.0 Å². The molecule has 0 unspecified atom stereocenters. The van der Waals surface area contributed by atoms with Crippen molar-refractivity contribution in [3.8, 4) is 0 Å². The van der Waals surface area contributed by atoms with Crippen molar-refractivity contribution in [3.63, 3.8) is 0 Å². The van der Waals surface area contributed by atoms with E-state index in [-0.39, 0.29) is 5.54 Å². The van der Waals surface area contributed by atoms with E-state index in [1.807, 2.05) is 0 Å². The molecule has 2 heterocycles. The lowest BCUT2D eigenvalue weighted by molar-refractivity contribution is -0.141. The van der Waals surface area contributed by atoms with Crippen LogP contribution in [0.25, 0.3) is 0 Å². The third-order valence-corrected chi connectivity index (χ3v) is 3.67. The van der Waals surface area contributed by atoms with E-state index in [0.717, 1.165) is 26.2 Å². The van der Waals surface area contributed by atoms with E-state index in [1.165, 1.54) is 25.7 Å². The summed E-state index contributed by atoms with van der Waals surface area (Å²) >= 11 is 0. The van der Waals surface area contributed by atoms with Crippen LogP contribution < -0.4 is 5.32 Å². The predicted molar refractivity (Wildman–Crippen MR) is 57.9 cm³/mol. The number of nitrogens with zero attached hydrogens (tertiary/aromatic N) is 1. The highest BCUT2D eigenvalue weighted by Gasteiger charge is 2.43. The van der Waals surface area contributed by atoms with Crippen LogP contribution in [0.1, 0.15) is 32.1 Å². The molecule has 2 aliphatic rings. The second kappa shape index (κ2) is 4.49. The van der Waals surface area contributed by atoms with Crippen molar-refractivity contribution in [2.75, 3.05) is 26.2 Å². The van der Waals surface area contributed by atoms with E-state index < -0.39 is 5.97 Å². The Hall–Kier alpha value is -0.610. The number of nitrogens with one attached hydrogen (secondary N) is 1. The van der Waals surface area contributed by atoms with Crippen molar-refractivity contribution < 1.29 is 9.90 Å². The molecular weight excluding hydrogens is 192 g/mol. The minimum absolute atomic E-state index is 0.0732. The van der Waals surface area contributed by atoms with Crippen LogP contribution in [0.4, 0.5) is 0 Å². The second-order valence-electron chi connectivity index (χ2n) is 4.80. The van der Waals surface area contributed by atoms with Crippen molar-refractivity contribution in [2.45, 2.75) is 37.6 Å². The van der Waals surface area contributed by atoms with Crippen molar-refractivity contribution in [1.82, 2.24) is 10.2 Å². The van der Waals surface area contributed by atoms with Gasteiger partial charge >= 0.3 is 5.97 Å². The predicted octanol–water partition coefficient (Wildman–Crippen LogP) is 0.679. The number of carboxylic acids is 1. The van der Waals surface area contributed by atoms with E-state index in [2.05, 4.69) is 10.2 Å². The van der Waals surface area contributed by atoms with Gasteiger partial charge in [-0.15, -0.1) is 0 Å². The summed E-state index contributed by atoms with van der Waals surface area (Å²) in [6.07, 6.45) is 5.34. The number of hydrogen-bond acceptors (Lipinski definition) is 3. The van der Waals surface area contributed by atoms with Gasteiger partial charge in [-0.05, 0) is 25.9 Å². The zero-order chi connectivity index (χ0) is 10.7. The van der Waals surface area contributed by atoms with Gasteiger partial charge in [-0.25, -0.2) is 0 Å². The number of likely N-dealkylation sites (tertiary alicyclic amines) is 1. The summed E-state index contributed by atoms with van der Waals surface area (Å²) in [4.78, 5) is 13.3. The fraction of sp³-hybridized carbons (Fsp3) is 0.909. The normalized spacial score (nSPS) is 26.7. The molecule has 2 aliphatic heterocycles. The quantitative estimate of drug-likeness (QED) is 0.722. The van der Waals surface area contributed by atoms with Crippen LogP contribution in [0.3, 0.4) is 0 Å². The van der Waals surface area contributed by atoms with Gasteiger partial charge in [-0.2, -0.15) is 0 Å². The highest BCUT2D eigenvalue weighted by molar-refractivity contribution is 5.68. The third kappa shape index (κ3) is 2.32. The molecule has 0 spiro atoms. The zero-order valence-corrected chi connectivity index (χ0v) is 9.17. The van der Waals surface area contributed by atoms with Crippen LogP contribution in [-0.2, 0) is 4.79 Å². The smallest absolute Gasteiger partial charge is 0.305 e. The molecule has 0 bridgehead atoms. The summed E-state index contributed by atoms with van der Waals surface area (Å²) in [6.45, 7) is 3.85. The molecule has 2 N–H and O–H groups in total. The Morgan fingerprint density at radius 1 is 1.20 bits per heavy atom. The second-order valence-corrected chi connectivity index (χ2v) is 4.80. The molecule has 0 saturated carbocycles. The molecule has 4 nitrogen and oxygen atoms in total. The first kappa shape index (κ1) is 10.9. The van der Waals surface area contributed by atoms with Crippen LogP contribution in [-0.4, -0.2) is 47.7 Å². The molecule has 0 aliphatic carbocycles. The summed E-state index contributed by atoms with van der Waals surface area (Å²) in [7, 11) is 0. The fourth-order valence-corrected chi connectivity index (χ4v) is 2.70. The number of rotatable bonds is 3. The molecule has 0 radical (unpaired) electrons. The fourth-order valence-electron chi connectivity index (χ4n) is 2.70. The van der Waals surface area contributed by atoms with Gasteiger partial charge < -0.3 is 10.4 Å². The van der Waals surface area contributed by atoms with Crippen LogP contribution >= 0.6 is 0 Å². The topological polar surface area (TPSA) is 52.6 Å². The average Bonchev–Trinajstić information content (AvgIpc) is 2.39. The van der Waals surface area contributed by atoms with Crippen LogP contribution in [0.5, 0.6) is 0 Å². The molecule has 2 saturated heterocycles. The van der Waals surface area contributed by atoms with E-state index in [4.69, 9.17) is 5.11 Å². The Morgan fingerprint density at radius 3 is 2.20 bits per heavy atom. The summed E-state index contributed by atoms with van der Waals surface area (Å²) in [6, 6.07) is 0. The molecule has 86 valence electrons. The summed E-state index contributed by atoms with van der Waals surface area (Å²) < 4.78 is 0. The number of carbonyl (C=O) groups is 1. The van der Waals surface area contributed by atoms with E-state index in [1.54, 1.807) is 0 Å². The number of carboxylic acid groups (broad SMARTS) is 1. The van der Waals surface area contributed by atoms with Gasteiger partial charge in [0.25, 0.3) is 0 Å². The van der Waals surface area contributed by atoms with Crippen molar-refractivity contribution in [1.29, 1.82) is 0 Å². The lowest BCUT2D eigenvalue weighted by Gasteiger charge is -2.50. The van der Waals surface area contributed by atoms with Crippen LogP contribution in [0.15, 0.2) is 0 Å². The van der Waals surface area contributed by atoms with Gasteiger partial charge in [0.2, 0.25) is 0 Å². The maximum absolute atomic E-state index is 10.9. The van der Waals surface area contributed by atoms with E-state index in [0.29, 0.717) is 6.42 Å². The maximum atomic E-state index is 10.9. The van der Waals surface area contributed by atoms with E-state index >= 15 is 0 Å². The Kier molecular flexibility index (Phi) is 3.26. The monoisotopic (exact) mass is 212 g/mol. The minimum Gasteiger partial charge on any atom is -0.481 e. The first-order valence-corrected chi connectivity index (χ1v) is 5.91. The summed E-state index contributed by atoms with van der Waals surface area (Å²) in [5.41, 5.74) is -0.0732. The van der Waals surface area contributed by atoms with Gasteiger partial charge in [0.1, 0.15) is 0 Å². The van der Waals surface area contributed by atoms with Crippen molar-refractivity contribution in [3.05, 3.63) is 0 Å². The SMILES string of the molecule is O=C(O)CC1(N2CCCCCC2)CNC1. The average molecular weight is 212 g/mol. The lowest BCUT2D eigenvalue weighted by Crippen LogP contribution is -2.69.